The third kappa shape index (κ3) is 8.21. The first-order valence-electron chi connectivity index (χ1n) is 11.2. The Morgan fingerprint density at radius 1 is 1.06 bits per heavy atom. The van der Waals surface area contributed by atoms with Crippen LogP contribution < -0.4 is 0 Å². The number of unbranched alkanes of at least 4 members (excludes halogenated alkanes) is 1. The number of carbonyl (C=O) groups is 2. The number of hydrogen-bond donors (Lipinski definition) is 0. The van der Waals surface area contributed by atoms with Gasteiger partial charge in [0.1, 0.15) is 17.6 Å². The minimum absolute atomic E-state index is 0.0164. The summed E-state index contributed by atoms with van der Waals surface area (Å²) in [5.74, 6) is 1.28. The minimum atomic E-state index is -0.461. The predicted octanol–water partition coefficient (Wildman–Crippen LogP) is 4.21. The van der Waals surface area contributed by atoms with Gasteiger partial charge in [0.05, 0.1) is 19.7 Å². The number of amides is 1. The minimum Gasteiger partial charge on any atom is -0.465 e. The van der Waals surface area contributed by atoms with Crippen molar-refractivity contribution < 1.29 is 18.7 Å². The van der Waals surface area contributed by atoms with Crippen LogP contribution in [0.15, 0.2) is 46.9 Å². The Balaban J connectivity index is 2.12. The van der Waals surface area contributed by atoms with E-state index in [-0.39, 0.29) is 18.4 Å². The zero-order valence-electron chi connectivity index (χ0n) is 19.3. The second-order valence-electron chi connectivity index (χ2n) is 7.82. The summed E-state index contributed by atoms with van der Waals surface area (Å²) in [5.41, 5.74) is 1.18. The second-order valence-corrected chi connectivity index (χ2v) is 7.82. The van der Waals surface area contributed by atoms with Crippen molar-refractivity contribution in [3.05, 3.63) is 59.5 Å². The van der Waals surface area contributed by atoms with Gasteiger partial charge in [-0.25, -0.2) is 0 Å². The average molecular weight is 429 g/mol. The predicted molar refractivity (Wildman–Crippen MR) is 122 cm³/mol. The Morgan fingerprint density at radius 3 is 2.42 bits per heavy atom. The van der Waals surface area contributed by atoms with Crippen molar-refractivity contribution in [2.75, 3.05) is 26.2 Å². The van der Waals surface area contributed by atoms with Crippen LogP contribution in [0.25, 0.3) is 0 Å². The molecule has 1 amide bonds. The van der Waals surface area contributed by atoms with E-state index >= 15 is 0 Å². The molecule has 6 heteroatoms. The first-order valence-corrected chi connectivity index (χ1v) is 11.2. The molecule has 1 aromatic heterocycles. The quantitative estimate of drug-likeness (QED) is 0.447. The van der Waals surface area contributed by atoms with Gasteiger partial charge in [-0.1, -0.05) is 43.7 Å². The lowest BCUT2D eigenvalue weighted by Gasteiger charge is -2.30. The van der Waals surface area contributed by atoms with Crippen molar-refractivity contribution in [2.45, 2.75) is 59.5 Å². The lowest BCUT2D eigenvalue weighted by Crippen LogP contribution is -2.47. The summed E-state index contributed by atoms with van der Waals surface area (Å²) in [6.45, 7) is 9.78. The molecule has 170 valence electrons. The van der Waals surface area contributed by atoms with Crippen LogP contribution >= 0.6 is 0 Å². The molecular formula is C25H36N2O4. The van der Waals surface area contributed by atoms with Gasteiger partial charge in [-0.05, 0) is 57.9 Å². The molecule has 0 spiro atoms. The molecule has 1 aromatic carbocycles. The number of nitrogens with zero attached hydrogens (tertiary/aromatic N) is 2. The van der Waals surface area contributed by atoms with Crippen molar-refractivity contribution in [3.63, 3.8) is 0 Å². The molecule has 0 saturated heterocycles. The van der Waals surface area contributed by atoms with Gasteiger partial charge in [-0.2, -0.15) is 0 Å². The molecule has 31 heavy (non-hydrogen) atoms. The van der Waals surface area contributed by atoms with E-state index in [1.807, 2.05) is 54.0 Å². The summed E-state index contributed by atoms with van der Waals surface area (Å²) in [7, 11) is 0. The lowest BCUT2D eigenvalue weighted by molar-refractivity contribution is -0.150. The molecular weight excluding hydrogens is 392 g/mol. The fraction of sp³-hybridized carbons (Fsp3) is 0.520. The van der Waals surface area contributed by atoms with E-state index in [4.69, 9.17) is 9.15 Å². The van der Waals surface area contributed by atoms with Crippen LogP contribution in [-0.2, 0) is 27.3 Å². The molecule has 0 N–H and O–H groups in total. The van der Waals surface area contributed by atoms with Gasteiger partial charge in [0.15, 0.2) is 0 Å². The van der Waals surface area contributed by atoms with Crippen LogP contribution in [0.3, 0.4) is 0 Å². The van der Waals surface area contributed by atoms with Crippen molar-refractivity contribution in [1.82, 2.24) is 9.80 Å². The number of hydrogen-bond acceptors (Lipinski definition) is 5. The smallest absolute Gasteiger partial charge is 0.323 e. The van der Waals surface area contributed by atoms with Crippen LogP contribution in [0.4, 0.5) is 0 Å². The molecule has 0 fully saturated rings. The normalized spacial score (nSPS) is 12.0. The highest BCUT2D eigenvalue weighted by atomic mass is 16.5. The van der Waals surface area contributed by atoms with Gasteiger partial charge in [0, 0.05) is 6.54 Å². The number of benzene rings is 1. The average Bonchev–Trinajstić information content (AvgIpc) is 3.18. The molecule has 0 bridgehead atoms. The molecule has 0 aliphatic heterocycles. The fourth-order valence-electron chi connectivity index (χ4n) is 3.42. The van der Waals surface area contributed by atoms with Crippen LogP contribution in [-0.4, -0.2) is 54.0 Å². The van der Waals surface area contributed by atoms with Gasteiger partial charge in [-0.15, -0.1) is 0 Å². The molecule has 2 rings (SSSR count). The molecule has 1 atom stereocenters. The highest BCUT2D eigenvalue weighted by molar-refractivity contribution is 5.80. The third-order valence-corrected chi connectivity index (χ3v) is 5.32. The highest BCUT2D eigenvalue weighted by Crippen LogP contribution is 2.13. The maximum atomic E-state index is 13.3. The largest absolute Gasteiger partial charge is 0.465 e. The number of rotatable bonds is 13. The summed E-state index contributed by atoms with van der Waals surface area (Å²) in [4.78, 5) is 29.4. The maximum Gasteiger partial charge on any atom is 0.323 e. The zero-order chi connectivity index (χ0) is 22.6. The number of carbonyl (C=O) groups excluding carboxylic acids is 2. The number of ether oxygens (including phenoxy) is 1. The van der Waals surface area contributed by atoms with E-state index in [1.54, 1.807) is 6.92 Å². The summed E-state index contributed by atoms with van der Waals surface area (Å²) >= 11 is 0. The fourth-order valence-corrected chi connectivity index (χ4v) is 3.42. The molecule has 0 aliphatic carbocycles. The van der Waals surface area contributed by atoms with Crippen molar-refractivity contribution in [2.24, 2.45) is 0 Å². The SMILES string of the molecule is CCCCN(CC(=O)N(CCc1ccccc1)Cc1ccc(C)o1)[C@H](C)C(=O)OCC. The monoisotopic (exact) mass is 428 g/mol. The highest BCUT2D eigenvalue weighted by Gasteiger charge is 2.26. The Kier molecular flexibility index (Phi) is 10.3. The summed E-state index contributed by atoms with van der Waals surface area (Å²) in [5, 5.41) is 0. The Bertz CT molecular complexity index is 803. The summed E-state index contributed by atoms with van der Waals surface area (Å²) in [6, 6.07) is 13.5. The number of furan rings is 1. The number of aryl methyl sites for hydroxylation is 1. The molecule has 1 heterocycles. The zero-order valence-corrected chi connectivity index (χ0v) is 19.3. The topological polar surface area (TPSA) is 63.0 Å². The van der Waals surface area contributed by atoms with E-state index in [1.165, 1.54) is 5.56 Å². The molecule has 0 unspecified atom stereocenters. The van der Waals surface area contributed by atoms with Gasteiger partial charge < -0.3 is 14.1 Å². The number of esters is 1. The first kappa shape index (κ1) is 24.7. The molecule has 6 nitrogen and oxygen atoms in total. The summed E-state index contributed by atoms with van der Waals surface area (Å²) < 4.78 is 10.9. The molecule has 0 aliphatic rings. The van der Waals surface area contributed by atoms with Crippen LogP contribution in [0.1, 0.15) is 50.7 Å². The third-order valence-electron chi connectivity index (χ3n) is 5.32. The van der Waals surface area contributed by atoms with E-state index in [0.29, 0.717) is 26.2 Å². The molecule has 2 aromatic rings. The Morgan fingerprint density at radius 2 is 1.81 bits per heavy atom. The standard InChI is InChI=1S/C25H36N2O4/c1-5-7-16-26(21(4)25(29)30-6-2)19-24(28)27(18-23-14-13-20(3)31-23)17-15-22-11-9-8-10-12-22/h8-14,21H,5-7,15-19H2,1-4H3/t21-/m1/s1. The maximum absolute atomic E-state index is 13.3. The van der Waals surface area contributed by atoms with Crippen LogP contribution in [0, 0.1) is 6.92 Å². The first-order chi connectivity index (χ1) is 14.9. The van der Waals surface area contributed by atoms with Gasteiger partial charge >= 0.3 is 5.97 Å². The van der Waals surface area contributed by atoms with Crippen LogP contribution in [0.2, 0.25) is 0 Å². The van der Waals surface area contributed by atoms with Gasteiger partial charge in [0.2, 0.25) is 5.91 Å². The van der Waals surface area contributed by atoms with Crippen molar-refractivity contribution in [3.8, 4) is 0 Å². The molecule has 0 radical (unpaired) electrons. The van der Waals surface area contributed by atoms with E-state index in [2.05, 4.69) is 19.1 Å². The molecule has 0 saturated carbocycles. The van der Waals surface area contributed by atoms with Gasteiger partial charge in [0.25, 0.3) is 0 Å². The van der Waals surface area contributed by atoms with Gasteiger partial charge in [-0.3, -0.25) is 14.5 Å². The van der Waals surface area contributed by atoms with E-state index in [0.717, 1.165) is 30.8 Å². The van der Waals surface area contributed by atoms with E-state index < -0.39 is 6.04 Å². The Hall–Kier alpha value is -2.60. The van der Waals surface area contributed by atoms with E-state index in [9.17, 15) is 9.59 Å². The Labute approximate surface area is 186 Å². The lowest BCUT2D eigenvalue weighted by atomic mass is 10.1. The van der Waals surface area contributed by atoms with Crippen molar-refractivity contribution in [1.29, 1.82) is 0 Å². The van der Waals surface area contributed by atoms with Crippen LogP contribution in [0.5, 0.6) is 0 Å². The van der Waals surface area contributed by atoms with Crippen molar-refractivity contribution >= 4 is 11.9 Å². The second kappa shape index (κ2) is 13.0. The summed E-state index contributed by atoms with van der Waals surface area (Å²) in [6.07, 6.45) is 2.66.